The summed E-state index contributed by atoms with van der Waals surface area (Å²) in [6.07, 6.45) is 0.731. The van der Waals surface area contributed by atoms with Crippen molar-refractivity contribution < 1.29 is 13.9 Å². The van der Waals surface area contributed by atoms with Crippen LogP contribution >= 0.6 is 31.9 Å². The lowest BCUT2D eigenvalue weighted by Gasteiger charge is -2.08. The number of hydrogen-bond acceptors (Lipinski definition) is 2. The molecule has 76 valence electrons. The fourth-order valence-electron chi connectivity index (χ4n) is 0.926. The second kappa shape index (κ2) is 5.46. The Kier molecular flexibility index (Phi) is 4.54. The number of carbonyl (C=O) groups excluding carboxylic acids is 1. The van der Waals surface area contributed by atoms with Crippen LogP contribution in [0, 0.1) is 0 Å². The van der Waals surface area contributed by atoms with E-state index in [1.165, 1.54) is 0 Å². The lowest BCUT2D eigenvalue weighted by molar-refractivity contribution is 0.112. The third kappa shape index (κ3) is 2.78. The van der Waals surface area contributed by atoms with E-state index in [1.807, 2.05) is 0 Å². The van der Waals surface area contributed by atoms with Crippen LogP contribution in [0.15, 0.2) is 21.1 Å². The Bertz CT molecular complexity index is 319. The van der Waals surface area contributed by atoms with Crippen molar-refractivity contribution in [3.8, 4) is 5.75 Å². The van der Waals surface area contributed by atoms with Gasteiger partial charge in [-0.15, -0.1) is 0 Å². The Labute approximate surface area is 97.7 Å². The molecular weight excluding hydrogens is 319 g/mol. The minimum atomic E-state index is -0.547. The number of aldehydes is 1. The quantitative estimate of drug-likeness (QED) is 0.793. The van der Waals surface area contributed by atoms with Crippen LogP contribution in [0.5, 0.6) is 5.75 Å². The summed E-state index contributed by atoms with van der Waals surface area (Å²) in [4.78, 5) is 10.5. The standard InChI is InChI=1S/C9H7Br2FO2/c10-7-3-6(5-13)4-8(11)9(7)14-2-1-12/h3-5H,1-2H2. The number of ether oxygens (including phenoxy) is 1. The van der Waals surface area contributed by atoms with Gasteiger partial charge in [0.25, 0.3) is 0 Å². The SMILES string of the molecule is O=Cc1cc(Br)c(OCCF)c(Br)c1. The van der Waals surface area contributed by atoms with E-state index in [1.54, 1.807) is 12.1 Å². The van der Waals surface area contributed by atoms with E-state index in [9.17, 15) is 9.18 Å². The van der Waals surface area contributed by atoms with Gasteiger partial charge < -0.3 is 4.74 Å². The Morgan fingerprint density at radius 3 is 2.36 bits per heavy atom. The van der Waals surface area contributed by atoms with E-state index in [4.69, 9.17) is 4.74 Å². The monoisotopic (exact) mass is 324 g/mol. The molecule has 1 rings (SSSR count). The summed E-state index contributed by atoms with van der Waals surface area (Å²) in [6.45, 7) is -0.550. The van der Waals surface area contributed by atoms with Crippen molar-refractivity contribution in [2.24, 2.45) is 0 Å². The molecular formula is C9H7Br2FO2. The highest BCUT2D eigenvalue weighted by Crippen LogP contribution is 2.34. The van der Waals surface area contributed by atoms with Gasteiger partial charge in [-0.25, -0.2) is 4.39 Å². The molecule has 2 nitrogen and oxygen atoms in total. The van der Waals surface area contributed by atoms with Crippen molar-refractivity contribution in [1.29, 1.82) is 0 Å². The van der Waals surface area contributed by atoms with Crippen LogP contribution in [0.25, 0.3) is 0 Å². The average molecular weight is 326 g/mol. The zero-order valence-corrected chi connectivity index (χ0v) is 10.3. The normalized spacial score (nSPS) is 9.93. The molecule has 1 aromatic rings. The maximum Gasteiger partial charge on any atom is 0.150 e. The van der Waals surface area contributed by atoms with Gasteiger partial charge in [-0.05, 0) is 44.0 Å². The Morgan fingerprint density at radius 2 is 1.93 bits per heavy atom. The molecule has 0 bridgehead atoms. The van der Waals surface area contributed by atoms with Gasteiger partial charge in [0.05, 0.1) is 8.95 Å². The molecule has 0 atom stereocenters. The fraction of sp³-hybridized carbons (Fsp3) is 0.222. The first-order valence-corrected chi connectivity index (χ1v) is 5.40. The number of rotatable bonds is 4. The first-order valence-electron chi connectivity index (χ1n) is 3.82. The van der Waals surface area contributed by atoms with Gasteiger partial charge in [-0.3, -0.25) is 4.79 Å². The van der Waals surface area contributed by atoms with Gasteiger partial charge in [-0.1, -0.05) is 0 Å². The Hall–Kier alpha value is -0.420. The lowest BCUT2D eigenvalue weighted by atomic mass is 10.2. The van der Waals surface area contributed by atoms with Gasteiger partial charge in [0.2, 0.25) is 0 Å². The summed E-state index contributed by atoms with van der Waals surface area (Å²) in [5, 5.41) is 0. The molecule has 0 heterocycles. The molecule has 0 spiro atoms. The number of hydrogen-bond donors (Lipinski definition) is 0. The molecule has 0 aliphatic rings. The highest BCUT2D eigenvalue weighted by atomic mass is 79.9. The highest BCUT2D eigenvalue weighted by Gasteiger charge is 2.08. The smallest absolute Gasteiger partial charge is 0.150 e. The topological polar surface area (TPSA) is 26.3 Å². The largest absolute Gasteiger partial charge is 0.488 e. The van der Waals surface area contributed by atoms with Gasteiger partial charge in [0.15, 0.2) is 0 Å². The molecule has 0 N–H and O–H groups in total. The van der Waals surface area contributed by atoms with E-state index in [0.29, 0.717) is 20.3 Å². The van der Waals surface area contributed by atoms with Crippen LogP contribution in [0.1, 0.15) is 10.4 Å². The van der Waals surface area contributed by atoms with Crippen molar-refractivity contribution in [1.82, 2.24) is 0 Å². The van der Waals surface area contributed by atoms with Crippen LogP contribution in [0.4, 0.5) is 4.39 Å². The van der Waals surface area contributed by atoms with Crippen molar-refractivity contribution in [2.45, 2.75) is 0 Å². The number of alkyl halides is 1. The Morgan fingerprint density at radius 1 is 1.36 bits per heavy atom. The molecule has 14 heavy (non-hydrogen) atoms. The van der Waals surface area contributed by atoms with Crippen molar-refractivity contribution in [2.75, 3.05) is 13.3 Å². The predicted octanol–water partition coefficient (Wildman–Crippen LogP) is 3.37. The van der Waals surface area contributed by atoms with Crippen molar-refractivity contribution in [3.63, 3.8) is 0 Å². The van der Waals surface area contributed by atoms with E-state index in [2.05, 4.69) is 31.9 Å². The summed E-state index contributed by atoms with van der Waals surface area (Å²) in [5.41, 5.74) is 0.524. The molecule has 5 heteroatoms. The van der Waals surface area contributed by atoms with E-state index < -0.39 is 6.67 Å². The van der Waals surface area contributed by atoms with Crippen LogP contribution in [0.2, 0.25) is 0 Å². The van der Waals surface area contributed by atoms with E-state index in [-0.39, 0.29) is 6.61 Å². The maximum absolute atomic E-state index is 11.9. The van der Waals surface area contributed by atoms with Crippen LogP contribution in [-0.4, -0.2) is 19.6 Å². The van der Waals surface area contributed by atoms with Crippen LogP contribution < -0.4 is 4.74 Å². The van der Waals surface area contributed by atoms with E-state index >= 15 is 0 Å². The molecule has 0 aliphatic heterocycles. The number of halogens is 3. The number of benzene rings is 1. The molecule has 1 aromatic carbocycles. The third-order valence-electron chi connectivity index (χ3n) is 1.48. The van der Waals surface area contributed by atoms with Crippen LogP contribution in [0.3, 0.4) is 0 Å². The van der Waals surface area contributed by atoms with Crippen molar-refractivity contribution >= 4 is 38.1 Å². The lowest BCUT2D eigenvalue weighted by Crippen LogP contribution is -2.00. The zero-order chi connectivity index (χ0) is 10.6. The van der Waals surface area contributed by atoms with Gasteiger partial charge in [0.1, 0.15) is 25.3 Å². The molecule has 0 unspecified atom stereocenters. The van der Waals surface area contributed by atoms with Crippen LogP contribution in [-0.2, 0) is 0 Å². The first kappa shape index (κ1) is 11.7. The molecule has 0 saturated heterocycles. The minimum Gasteiger partial charge on any atom is -0.488 e. The minimum absolute atomic E-state index is 0.00235. The van der Waals surface area contributed by atoms with E-state index in [0.717, 1.165) is 6.29 Å². The summed E-state index contributed by atoms with van der Waals surface area (Å²) in [6, 6.07) is 3.23. The summed E-state index contributed by atoms with van der Waals surface area (Å²) < 4.78 is 18.3. The third-order valence-corrected chi connectivity index (χ3v) is 2.66. The van der Waals surface area contributed by atoms with Gasteiger partial charge >= 0.3 is 0 Å². The highest BCUT2D eigenvalue weighted by molar-refractivity contribution is 9.11. The number of carbonyl (C=O) groups is 1. The molecule has 0 radical (unpaired) electrons. The van der Waals surface area contributed by atoms with Gasteiger partial charge in [0, 0.05) is 5.56 Å². The van der Waals surface area contributed by atoms with Crippen molar-refractivity contribution in [3.05, 3.63) is 26.6 Å². The average Bonchev–Trinajstić information content (AvgIpc) is 2.16. The second-order valence-electron chi connectivity index (χ2n) is 2.47. The molecule has 0 amide bonds. The summed E-state index contributed by atoms with van der Waals surface area (Å²) in [5.74, 6) is 0.508. The molecule has 0 saturated carbocycles. The predicted molar refractivity (Wildman–Crippen MR) is 58.7 cm³/mol. The maximum atomic E-state index is 11.9. The molecule has 0 aromatic heterocycles. The summed E-state index contributed by atoms with van der Waals surface area (Å²) >= 11 is 6.47. The molecule has 0 aliphatic carbocycles. The summed E-state index contributed by atoms with van der Waals surface area (Å²) in [7, 11) is 0. The molecule has 0 fully saturated rings. The Balaban J connectivity index is 2.99. The van der Waals surface area contributed by atoms with Gasteiger partial charge in [-0.2, -0.15) is 0 Å². The second-order valence-corrected chi connectivity index (χ2v) is 4.18. The first-order chi connectivity index (χ1) is 6.69. The zero-order valence-electron chi connectivity index (χ0n) is 7.10. The fourth-order valence-corrected chi connectivity index (χ4v) is 2.38.